The van der Waals surface area contributed by atoms with E-state index in [9.17, 15) is 16.8 Å². The van der Waals surface area contributed by atoms with Crippen molar-refractivity contribution < 1.29 is 16.8 Å². The van der Waals surface area contributed by atoms with Crippen molar-refractivity contribution in [2.24, 2.45) is 0 Å². The van der Waals surface area contributed by atoms with E-state index in [-0.39, 0.29) is 16.4 Å². The van der Waals surface area contributed by atoms with Crippen molar-refractivity contribution in [3.8, 4) is 0 Å². The Morgan fingerprint density at radius 1 is 1.26 bits per heavy atom. The average molecular weight is 324 g/mol. The summed E-state index contributed by atoms with van der Waals surface area (Å²) in [7, 11) is -6.78. The Balaban J connectivity index is 2.14. The van der Waals surface area contributed by atoms with Crippen LogP contribution in [0.25, 0.3) is 0 Å². The van der Waals surface area contributed by atoms with Gasteiger partial charge in [-0.1, -0.05) is 12.1 Å². The van der Waals surface area contributed by atoms with E-state index in [1.54, 1.807) is 12.1 Å². The molecule has 0 saturated carbocycles. The van der Waals surface area contributed by atoms with Gasteiger partial charge in [-0.05, 0) is 24.1 Å². The molecule has 1 saturated heterocycles. The maximum absolute atomic E-state index is 12.1. The Labute approximate surface area is 117 Å². The zero-order chi connectivity index (χ0) is 14.1. The highest BCUT2D eigenvalue weighted by Gasteiger charge is 2.31. The molecule has 1 N–H and O–H groups in total. The van der Waals surface area contributed by atoms with Crippen LogP contribution >= 0.6 is 11.6 Å². The minimum atomic E-state index is -3.68. The summed E-state index contributed by atoms with van der Waals surface area (Å²) in [6.07, 6.45) is 0.321. The Kier molecular flexibility index (Phi) is 4.20. The number of sulfone groups is 1. The quantitative estimate of drug-likeness (QED) is 0.834. The minimum Gasteiger partial charge on any atom is -0.229 e. The van der Waals surface area contributed by atoms with E-state index < -0.39 is 25.9 Å². The lowest BCUT2D eigenvalue weighted by atomic mass is 10.2. The van der Waals surface area contributed by atoms with Gasteiger partial charge in [-0.25, -0.2) is 21.6 Å². The van der Waals surface area contributed by atoms with Gasteiger partial charge in [-0.3, -0.25) is 0 Å². The first kappa shape index (κ1) is 14.8. The standard InChI is InChI=1S/C11H14ClNO4S2/c12-7-9-1-3-11(4-2-9)19(16,17)13-10-5-6-18(14,15)8-10/h1-4,10,13H,5-8H2. The van der Waals surface area contributed by atoms with E-state index in [2.05, 4.69) is 4.72 Å². The lowest BCUT2D eigenvalue weighted by Crippen LogP contribution is -2.35. The SMILES string of the molecule is O=S1(=O)CCC(NS(=O)(=O)c2ccc(CCl)cc2)C1. The Hall–Kier alpha value is -0.630. The first-order chi connectivity index (χ1) is 8.82. The van der Waals surface area contributed by atoms with Gasteiger partial charge in [0.2, 0.25) is 10.0 Å². The highest BCUT2D eigenvalue weighted by Crippen LogP contribution is 2.16. The van der Waals surface area contributed by atoms with E-state index in [1.165, 1.54) is 12.1 Å². The molecule has 0 amide bonds. The summed E-state index contributed by atoms with van der Waals surface area (Å²) in [6.45, 7) is 0. The van der Waals surface area contributed by atoms with Crippen molar-refractivity contribution in [2.45, 2.75) is 23.2 Å². The van der Waals surface area contributed by atoms with Crippen LogP contribution in [0.5, 0.6) is 0 Å². The van der Waals surface area contributed by atoms with Crippen molar-refractivity contribution in [1.82, 2.24) is 4.72 Å². The topological polar surface area (TPSA) is 80.3 Å². The third kappa shape index (κ3) is 3.68. The minimum absolute atomic E-state index is 0.0331. The largest absolute Gasteiger partial charge is 0.240 e. The number of sulfonamides is 1. The van der Waals surface area contributed by atoms with Gasteiger partial charge in [-0.2, -0.15) is 0 Å². The zero-order valence-corrected chi connectivity index (χ0v) is 12.4. The lowest BCUT2D eigenvalue weighted by molar-refractivity contribution is 0.562. The second-order valence-corrected chi connectivity index (χ2v) is 8.71. The number of hydrogen-bond acceptors (Lipinski definition) is 4. The first-order valence-corrected chi connectivity index (χ1v) is 9.54. The maximum Gasteiger partial charge on any atom is 0.240 e. The molecular weight excluding hydrogens is 310 g/mol. The summed E-state index contributed by atoms with van der Waals surface area (Å²) >= 11 is 5.63. The van der Waals surface area contributed by atoms with E-state index >= 15 is 0 Å². The van der Waals surface area contributed by atoms with Crippen LogP contribution in [0.15, 0.2) is 29.2 Å². The van der Waals surface area contributed by atoms with E-state index in [1.807, 2.05) is 0 Å². The number of hydrogen-bond donors (Lipinski definition) is 1. The molecule has 1 unspecified atom stereocenters. The molecule has 0 aromatic heterocycles. The Morgan fingerprint density at radius 2 is 1.89 bits per heavy atom. The van der Waals surface area contributed by atoms with E-state index in [0.29, 0.717) is 12.3 Å². The van der Waals surface area contributed by atoms with Gasteiger partial charge in [0.1, 0.15) is 0 Å². The molecule has 1 aromatic carbocycles. The maximum atomic E-state index is 12.1. The molecule has 0 spiro atoms. The van der Waals surface area contributed by atoms with Gasteiger partial charge in [0.25, 0.3) is 0 Å². The molecule has 5 nitrogen and oxygen atoms in total. The van der Waals surface area contributed by atoms with Crippen LogP contribution in [-0.2, 0) is 25.7 Å². The van der Waals surface area contributed by atoms with Crippen molar-refractivity contribution in [3.63, 3.8) is 0 Å². The van der Waals surface area contributed by atoms with Crippen molar-refractivity contribution in [1.29, 1.82) is 0 Å². The lowest BCUT2D eigenvalue weighted by Gasteiger charge is -2.11. The number of benzene rings is 1. The molecule has 1 aliphatic rings. The second-order valence-electron chi connectivity index (χ2n) is 4.50. The molecule has 106 valence electrons. The Morgan fingerprint density at radius 3 is 2.37 bits per heavy atom. The molecule has 8 heteroatoms. The molecule has 0 bridgehead atoms. The van der Waals surface area contributed by atoms with Crippen molar-refractivity contribution in [3.05, 3.63) is 29.8 Å². The molecular formula is C11H14ClNO4S2. The molecule has 0 radical (unpaired) electrons. The third-order valence-corrected chi connectivity index (χ3v) is 6.56. The van der Waals surface area contributed by atoms with Crippen LogP contribution in [0, 0.1) is 0 Å². The van der Waals surface area contributed by atoms with Gasteiger partial charge in [0.05, 0.1) is 16.4 Å². The number of nitrogens with one attached hydrogen (secondary N) is 1. The molecule has 2 rings (SSSR count). The molecule has 19 heavy (non-hydrogen) atoms. The van der Waals surface area contributed by atoms with Crippen molar-refractivity contribution in [2.75, 3.05) is 11.5 Å². The smallest absolute Gasteiger partial charge is 0.229 e. The zero-order valence-electron chi connectivity index (χ0n) is 10.0. The van der Waals surface area contributed by atoms with Crippen LogP contribution in [0.3, 0.4) is 0 Å². The van der Waals surface area contributed by atoms with Crippen LogP contribution < -0.4 is 4.72 Å². The second kappa shape index (κ2) is 5.40. The first-order valence-electron chi connectivity index (χ1n) is 5.70. The fraction of sp³-hybridized carbons (Fsp3) is 0.455. The highest BCUT2D eigenvalue weighted by molar-refractivity contribution is 7.92. The molecule has 1 fully saturated rings. The van der Waals surface area contributed by atoms with E-state index in [0.717, 1.165) is 5.56 Å². The Bertz CT molecular complexity index is 652. The molecule has 1 atom stereocenters. The summed E-state index contributed by atoms with van der Waals surface area (Å²) in [5, 5.41) is 0. The van der Waals surface area contributed by atoms with Crippen LogP contribution in [-0.4, -0.2) is 34.4 Å². The van der Waals surface area contributed by atoms with Gasteiger partial charge < -0.3 is 0 Å². The molecule has 1 aromatic rings. The average Bonchev–Trinajstić information content (AvgIpc) is 2.68. The predicted molar refractivity (Wildman–Crippen MR) is 73.4 cm³/mol. The monoisotopic (exact) mass is 323 g/mol. The number of alkyl halides is 1. The highest BCUT2D eigenvalue weighted by atomic mass is 35.5. The summed E-state index contributed by atoms with van der Waals surface area (Å²) in [5.41, 5.74) is 0.823. The normalized spacial score (nSPS) is 22.5. The van der Waals surface area contributed by atoms with Gasteiger partial charge in [0, 0.05) is 11.9 Å². The van der Waals surface area contributed by atoms with Crippen molar-refractivity contribution >= 4 is 31.5 Å². The predicted octanol–water partition coefficient (Wildman–Crippen LogP) is 0.891. The number of halogens is 1. The molecule has 0 aliphatic carbocycles. The van der Waals surface area contributed by atoms with Crippen LogP contribution in [0.1, 0.15) is 12.0 Å². The van der Waals surface area contributed by atoms with Crippen LogP contribution in [0.4, 0.5) is 0 Å². The fourth-order valence-corrected chi connectivity index (χ4v) is 5.16. The molecule has 1 heterocycles. The summed E-state index contributed by atoms with van der Waals surface area (Å²) in [5.74, 6) is 0.214. The molecule has 1 aliphatic heterocycles. The van der Waals surface area contributed by atoms with Gasteiger partial charge in [0.15, 0.2) is 9.84 Å². The van der Waals surface area contributed by atoms with E-state index in [4.69, 9.17) is 11.6 Å². The summed E-state index contributed by atoms with van der Waals surface area (Å²) < 4.78 is 49.1. The van der Waals surface area contributed by atoms with Gasteiger partial charge >= 0.3 is 0 Å². The summed E-state index contributed by atoms with van der Waals surface area (Å²) in [6, 6.07) is 5.65. The third-order valence-electron chi connectivity index (χ3n) is 2.94. The fourth-order valence-electron chi connectivity index (χ4n) is 1.93. The van der Waals surface area contributed by atoms with Gasteiger partial charge in [-0.15, -0.1) is 11.6 Å². The van der Waals surface area contributed by atoms with Crippen LogP contribution in [0.2, 0.25) is 0 Å². The number of rotatable bonds is 4. The summed E-state index contributed by atoms with van der Waals surface area (Å²) in [4.78, 5) is 0.116.